The van der Waals surface area contributed by atoms with E-state index in [4.69, 9.17) is 11.7 Å². The van der Waals surface area contributed by atoms with Gasteiger partial charge in [0.05, 0.1) is 11.1 Å². The largest absolute Gasteiger partial charge is 0.322 e. The summed E-state index contributed by atoms with van der Waals surface area (Å²) >= 11 is 0. The molecule has 2 heteroatoms. The number of hydrogen-bond acceptors (Lipinski definition) is 1. The van der Waals surface area contributed by atoms with Gasteiger partial charge in [-0.2, -0.15) is 5.26 Å². The molecule has 0 saturated carbocycles. The Kier molecular flexibility index (Phi) is 1.55. The van der Waals surface area contributed by atoms with E-state index in [1.807, 2.05) is 28.9 Å². The van der Waals surface area contributed by atoms with Gasteiger partial charge in [-0.3, -0.25) is 0 Å². The quantitative estimate of drug-likeness (QED) is 0.548. The van der Waals surface area contributed by atoms with E-state index in [-0.39, 0.29) is 0 Å². The average Bonchev–Trinajstić information content (AvgIpc) is 2.59. The Morgan fingerprint density at radius 3 is 2.77 bits per heavy atom. The lowest BCUT2D eigenvalue weighted by Crippen LogP contribution is -1.83. The first-order chi connectivity index (χ1) is 6.35. The lowest BCUT2D eigenvalue weighted by Gasteiger charge is -1.95. The van der Waals surface area contributed by atoms with Crippen molar-refractivity contribution < 1.29 is 0 Å². The maximum Gasteiger partial charge on any atom is 0.101 e. The van der Waals surface area contributed by atoms with Crippen LogP contribution in [0.5, 0.6) is 0 Å². The molecule has 2 nitrogen and oxygen atoms in total. The summed E-state index contributed by atoms with van der Waals surface area (Å²) in [5, 5.41) is 8.77. The average molecular weight is 166 g/mol. The molecular formula is C11H6N2. The highest BCUT2D eigenvalue weighted by Gasteiger charge is 2.00. The molecule has 0 unspecified atom stereocenters. The van der Waals surface area contributed by atoms with Crippen molar-refractivity contribution >= 4 is 5.52 Å². The van der Waals surface area contributed by atoms with Gasteiger partial charge in [-0.25, -0.2) is 0 Å². The number of hydrogen-bond donors (Lipinski definition) is 0. The van der Waals surface area contributed by atoms with Crippen molar-refractivity contribution in [3.8, 4) is 18.4 Å². The van der Waals surface area contributed by atoms with Gasteiger partial charge in [-0.1, -0.05) is 5.92 Å². The molecule has 0 aliphatic rings. The smallest absolute Gasteiger partial charge is 0.101 e. The predicted octanol–water partition coefficient (Wildman–Crippen LogP) is 1.79. The van der Waals surface area contributed by atoms with E-state index in [0.717, 1.165) is 11.1 Å². The molecule has 0 N–H and O–H groups in total. The minimum absolute atomic E-state index is 0.650. The molecule has 13 heavy (non-hydrogen) atoms. The molecule has 0 saturated heterocycles. The molecule has 2 heterocycles. The molecule has 2 rings (SSSR count). The van der Waals surface area contributed by atoms with Gasteiger partial charge < -0.3 is 4.40 Å². The predicted molar refractivity (Wildman–Crippen MR) is 50.0 cm³/mol. The topological polar surface area (TPSA) is 28.2 Å². The van der Waals surface area contributed by atoms with Gasteiger partial charge in [0.15, 0.2) is 0 Å². The van der Waals surface area contributed by atoms with E-state index in [1.165, 1.54) is 0 Å². The van der Waals surface area contributed by atoms with Crippen LogP contribution in [-0.2, 0) is 0 Å². The fourth-order valence-corrected chi connectivity index (χ4v) is 1.28. The molecule has 0 spiro atoms. The maximum absolute atomic E-state index is 8.77. The van der Waals surface area contributed by atoms with Crippen LogP contribution >= 0.6 is 0 Å². The molecule has 0 fully saturated rings. The zero-order chi connectivity index (χ0) is 9.26. The van der Waals surface area contributed by atoms with Crippen LogP contribution in [-0.4, -0.2) is 4.40 Å². The normalized spacial score (nSPS) is 9.38. The van der Waals surface area contributed by atoms with Gasteiger partial charge in [-0.15, -0.1) is 6.42 Å². The van der Waals surface area contributed by atoms with Crippen molar-refractivity contribution in [1.29, 1.82) is 5.26 Å². The number of nitriles is 1. The minimum atomic E-state index is 0.650. The van der Waals surface area contributed by atoms with Crippen molar-refractivity contribution in [2.24, 2.45) is 0 Å². The van der Waals surface area contributed by atoms with Crippen molar-refractivity contribution in [1.82, 2.24) is 4.40 Å². The summed E-state index contributed by atoms with van der Waals surface area (Å²) in [4.78, 5) is 0. The molecule has 0 amide bonds. The number of pyridine rings is 1. The van der Waals surface area contributed by atoms with E-state index in [1.54, 1.807) is 6.07 Å². The first-order valence-electron chi connectivity index (χ1n) is 3.82. The highest BCUT2D eigenvalue weighted by atomic mass is 14.8. The van der Waals surface area contributed by atoms with Crippen LogP contribution in [0.25, 0.3) is 5.52 Å². The second-order valence-corrected chi connectivity index (χ2v) is 2.69. The number of aromatic nitrogens is 1. The molecule has 60 valence electrons. The van der Waals surface area contributed by atoms with E-state index < -0.39 is 0 Å². The zero-order valence-electron chi connectivity index (χ0n) is 6.86. The highest BCUT2D eigenvalue weighted by molar-refractivity contribution is 5.63. The van der Waals surface area contributed by atoms with Gasteiger partial charge in [0.1, 0.15) is 6.07 Å². The Morgan fingerprint density at radius 1 is 1.31 bits per heavy atom. The summed E-state index contributed by atoms with van der Waals surface area (Å²) < 4.78 is 1.87. The van der Waals surface area contributed by atoms with E-state index in [0.29, 0.717) is 5.56 Å². The molecule has 0 aliphatic heterocycles. The maximum atomic E-state index is 8.77. The standard InChI is InChI=1S/C11H6N2/c1-2-9-3-5-13-6-4-10(8-12)11(13)7-9/h1,3-7H. The minimum Gasteiger partial charge on any atom is -0.322 e. The number of rotatable bonds is 0. The zero-order valence-corrected chi connectivity index (χ0v) is 6.86. The Balaban J connectivity index is 2.83. The van der Waals surface area contributed by atoms with Crippen molar-refractivity contribution in [2.45, 2.75) is 0 Å². The third-order valence-corrected chi connectivity index (χ3v) is 1.95. The molecule has 0 aromatic carbocycles. The molecule has 0 bridgehead atoms. The monoisotopic (exact) mass is 166 g/mol. The van der Waals surface area contributed by atoms with Crippen LogP contribution in [0.15, 0.2) is 30.6 Å². The number of terminal acetylenes is 1. The molecule has 2 aromatic heterocycles. The Bertz CT molecular complexity index is 535. The third kappa shape index (κ3) is 1.06. The first-order valence-corrected chi connectivity index (χ1v) is 3.82. The lowest BCUT2D eigenvalue weighted by molar-refractivity contribution is 1.19. The first kappa shape index (κ1) is 7.46. The Morgan fingerprint density at radius 2 is 2.08 bits per heavy atom. The molecule has 0 radical (unpaired) electrons. The highest BCUT2D eigenvalue weighted by Crippen LogP contribution is 2.12. The van der Waals surface area contributed by atoms with E-state index in [9.17, 15) is 0 Å². The summed E-state index contributed by atoms with van der Waals surface area (Å²) in [7, 11) is 0. The summed E-state index contributed by atoms with van der Waals surface area (Å²) in [6.45, 7) is 0. The molecular weight excluding hydrogens is 160 g/mol. The Labute approximate surface area is 76.0 Å². The van der Waals surface area contributed by atoms with Crippen LogP contribution in [0.1, 0.15) is 11.1 Å². The fraction of sp³-hybridized carbons (Fsp3) is 0. The van der Waals surface area contributed by atoms with Crippen LogP contribution in [0, 0.1) is 23.7 Å². The summed E-state index contributed by atoms with van der Waals surface area (Å²) in [6.07, 6.45) is 8.95. The molecule has 0 atom stereocenters. The Hall–Kier alpha value is -2.19. The van der Waals surface area contributed by atoms with Crippen molar-refractivity contribution in [2.75, 3.05) is 0 Å². The fourth-order valence-electron chi connectivity index (χ4n) is 1.28. The third-order valence-electron chi connectivity index (χ3n) is 1.95. The van der Waals surface area contributed by atoms with Gasteiger partial charge in [-0.05, 0) is 18.2 Å². The van der Waals surface area contributed by atoms with Crippen LogP contribution in [0.4, 0.5) is 0 Å². The second-order valence-electron chi connectivity index (χ2n) is 2.69. The molecule has 0 aliphatic carbocycles. The number of nitrogens with zero attached hydrogens (tertiary/aromatic N) is 2. The van der Waals surface area contributed by atoms with Crippen LogP contribution < -0.4 is 0 Å². The second kappa shape index (κ2) is 2.69. The van der Waals surface area contributed by atoms with Gasteiger partial charge in [0.2, 0.25) is 0 Å². The summed E-state index contributed by atoms with van der Waals surface area (Å²) in [5.41, 5.74) is 2.30. The van der Waals surface area contributed by atoms with Crippen LogP contribution in [0.3, 0.4) is 0 Å². The van der Waals surface area contributed by atoms with E-state index in [2.05, 4.69) is 12.0 Å². The van der Waals surface area contributed by atoms with Crippen molar-refractivity contribution in [3.05, 3.63) is 41.7 Å². The number of fused-ring (bicyclic) bond motifs is 1. The van der Waals surface area contributed by atoms with Crippen LogP contribution in [0.2, 0.25) is 0 Å². The van der Waals surface area contributed by atoms with Crippen molar-refractivity contribution in [3.63, 3.8) is 0 Å². The van der Waals surface area contributed by atoms with Gasteiger partial charge in [0, 0.05) is 18.0 Å². The lowest BCUT2D eigenvalue weighted by atomic mass is 10.2. The van der Waals surface area contributed by atoms with Gasteiger partial charge >= 0.3 is 0 Å². The summed E-state index contributed by atoms with van der Waals surface area (Å²) in [5.74, 6) is 2.54. The van der Waals surface area contributed by atoms with E-state index >= 15 is 0 Å². The molecule has 2 aromatic rings. The van der Waals surface area contributed by atoms with Gasteiger partial charge in [0.25, 0.3) is 0 Å². The SMILES string of the molecule is C#Cc1ccn2ccc(C#N)c2c1. The summed E-state index contributed by atoms with van der Waals surface area (Å²) in [6, 6.07) is 7.56.